The molecule has 2 heterocycles. The first kappa shape index (κ1) is 19.9. The van der Waals surface area contributed by atoms with Gasteiger partial charge >= 0.3 is 0 Å². The zero-order valence-corrected chi connectivity index (χ0v) is 16.6. The van der Waals surface area contributed by atoms with Crippen molar-refractivity contribution >= 4 is 21.7 Å². The van der Waals surface area contributed by atoms with Gasteiger partial charge in [0.05, 0.1) is 22.4 Å². The van der Waals surface area contributed by atoms with Crippen molar-refractivity contribution in [2.45, 2.75) is 12.5 Å². The number of benzene rings is 2. The lowest BCUT2D eigenvalue weighted by atomic mass is 10.1. The van der Waals surface area contributed by atoms with E-state index in [-0.39, 0.29) is 40.6 Å². The molecule has 1 aliphatic heterocycles. The van der Waals surface area contributed by atoms with Gasteiger partial charge in [-0.1, -0.05) is 29.4 Å². The van der Waals surface area contributed by atoms with Crippen LogP contribution in [0.3, 0.4) is 0 Å². The zero-order valence-electron chi connectivity index (χ0n) is 15.8. The molecule has 1 atom stereocenters. The first-order chi connectivity index (χ1) is 14.3. The Kier molecular flexibility index (Phi) is 4.94. The third kappa shape index (κ3) is 3.61. The average molecular weight is 429 g/mol. The van der Waals surface area contributed by atoms with E-state index in [9.17, 15) is 22.4 Å². The highest BCUT2D eigenvalue weighted by atomic mass is 32.2. The fraction of sp³-hybridized carbons (Fsp3) is 0.200. The molecule has 154 valence electrons. The predicted molar refractivity (Wildman–Crippen MR) is 104 cm³/mol. The van der Waals surface area contributed by atoms with Crippen LogP contribution in [0.5, 0.6) is 0 Å². The Morgan fingerprint density at radius 2 is 1.57 bits per heavy atom. The van der Waals surface area contributed by atoms with Crippen LogP contribution in [0.25, 0.3) is 11.4 Å². The summed E-state index contributed by atoms with van der Waals surface area (Å²) < 4.78 is 42.8. The second-order valence-electron chi connectivity index (χ2n) is 6.90. The molecule has 0 fully saturated rings. The Morgan fingerprint density at radius 3 is 2.13 bits per heavy atom. The third-order valence-corrected chi connectivity index (χ3v) is 5.72. The Bertz CT molecular complexity index is 1220. The fourth-order valence-electron chi connectivity index (χ4n) is 3.30. The molecule has 0 unspecified atom stereocenters. The van der Waals surface area contributed by atoms with Gasteiger partial charge in [-0.15, -0.1) is 0 Å². The van der Waals surface area contributed by atoms with Crippen LogP contribution in [-0.4, -0.2) is 47.3 Å². The smallest absolute Gasteiger partial charge is 0.262 e. The van der Waals surface area contributed by atoms with E-state index in [0.29, 0.717) is 0 Å². The van der Waals surface area contributed by atoms with E-state index in [0.717, 1.165) is 11.2 Å². The number of hydrogen-bond donors (Lipinski definition) is 0. The van der Waals surface area contributed by atoms with E-state index in [1.165, 1.54) is 30.3 Å². The summed E-state index contributed by atoms with van der Waals surface area (Å²) in [5.74, 6) is -2.27. The Hall–Kier alpha value is -3.40. The van der Waals surface area contributed by atoms with Gasteiger partial charge in [-0.05, 0) is 30.7 Å². The van der Waals surface area contributed by atoms with Gasteiger partial charge in [0.2, 0.25) is 11.7 Å². The Balaban J connectivity index is 1.74. The number of sulfone groups is 1. The van der Waals surface area contributed by atoms with Gasteiger partial charge < -0.3 is 4.52 Å². The largest absolute Gasteiger partial charge is 0.337 e. The number of fused-ring (bicyclic) bond motifs is 1. The van der Waals surface area contributed by atoms with Crippen LogP contribution in [-0.2, 0) is 9.84 Å². The molecule has 3 aromatic rings. The van der Waals surface area contributed by atoms with Gasteiger partial charge in [0.25, 0.3) is 11.8 Å². The molecule has 0 spiro atoms. The number of carbonyl (C=O) groups is 2. The summed E-state index contributed by atoms with van der Waals surface area (Å²) in [5, 5.41) is 3.76. The van der Waals surface area contributed by atoms with E-state index in [2.05, 4.69) is 10.1 Å². The van der Waals surface area contributed by atoms with Gasteiger partial charge in [0, 0.05) is 6.26 Å². The van der Waals surface area contributed by atoms with Crippen LogP contribution in [0.1, 0.15) is 39.1 Å². The van der Waals surface area contributed by atoms with Crippen molar-refractivity contribution in [3.8, 4) is 11.4 Å². The van der Waals surface area contributed by atoms with Crippen molar-refractivity contribution in [1.82, 2.24) is 15.0 Å². The molecule has 8 nitrogen and oxygen atoms in total. The highest BCUT2D eigenvalue weighted by molar-refractivity contribution is 7.90. The standard InChI is InChI=1S/C20H16FN3O5S/c1-30(27,28)11-10-16(24-19(25)12-6-2-3-7-13(12)20(24)26)18-22-17(23-29-18)14-8-4-5-9-15(14)21/h2-9,16H,10-11H2,1H3/t16-/m0/s1. The van der Waals surface area contributed by atoms with Gasteiger partial charge in [-0.25, -0.2) is 12.8 Å². The molecular formula is C20H16FN3O5S. The van der Waals surface area contributed by atoms with Crippen molar-refractivity contribution < 1.29 is 26.9 Å². The highest BCUT2D eigenvalue weighted by Gasteiger charge is 2.42. The molecule has 0 aliphatic carbocycles. The van der Waals surface area contributed by atoms with Crippen LogP contribution in [0.2, 0.25) is 0 Å². The molecule has 0 radical (unpaired) electrons. The predicted octanol–water partition coefficient (Wildman–Crippen LogP) is 2.65. The molecule has 4 rings (SSSR count). The number of rotatable bonds is 6. The molecule has 10 heteroatoms. The maximum atomic E-state index is 14.1. The molecule has 0 saturated heterocycles. The topological polar surface area (TPSA) is 110 Å². The van der Waals surface area contributed by atoms with E-state index in [4.69, 9.17) is 4.52 Å². The highest BCUT2D eigenvalue weighted by Crippen LogP contribution is 2.34. The number of amides is 2. The minimum atomic E-state index is -3.41. The Morgan fingerprint density at radius 1 is 1.00 bits per heavy atom. The van der Waals surface area contributed by atoms with Gasteiger partial charge in [-0.3, -0.25) is 14.5 Å². The molecular weight excluding hydrogens is 413 g/mol. The minimum absolute atomic E-state index is 0.0657. The Labute approximate surface area is 171 Å². The first-order valence-electron chi connectivity index (χ1n) is 8.99. The summed E-state index contributed by atoms with van der Waals surface area (Å²) in [4.78, 5) is 30.9. The number of nitrogens with zero attached hydrogens (tertiary/aromatic N) is 3. The number of halogens is 1. The molecule has 1 aliphatic rings. The molecule has 2 aromatic carbocycles. The van der Waals surface area contributed by atoms with Crippen molar-refractivity contribution in [3.63, 3.8) is 0 Å². The molecule has 0 bridgehead atoms. The number of imide groups is 1. The van der Waals surface area contributed by atoms with Crippen LogP contribution in [0.15, 0.2) is 53.1 Å². The van der Waals surface area contributed by atoms with Gasteiger partial charge in [0.1, 0.15) is 21.7 Å². The number of aromatic nitrogens is 2. The van der Waals surface area contributed by atoms with E-state index in [1.54, 1.807) is 18.2 Å². The molecule has 2 amide bonds. The normalized spacial score (nSPS) is 14.8. The van der Waals surface area contributed by atoms with E-state index < -0.39 is 33.5 Å². The van der Waals surface area contributed by atoms with Crippen molar-refractivity contribution in [2.75, 3.05) is 12.0 Å². The monoisotopic (exact) mass is 429 g/mol. The summed E-state index contributed by atoms with van der Waals surface area (Å²) >= 11 is 0. The first-order valence-corrected chi connectivity index (χ1v) is 11.1. The van der Waals surface area contributed by atoms with Crippen LogP contribution >= 0.6 is 0 Å². The lowest BCUT2D eigenvalue weighted by Gasteiger charge is -2.22. The molecule has 1 aromatic heterocycles. The summed E-state index contributed by atoms with van der Waals surface area (Å²) in [6, 6.07) is 11.0. The zero-order chi connectivity index (χ0) is 21.5. The second-order valence-corrected chi connectivity index (χ2v) is 9.16. The number of carbonyl (C=O) groups excluding carboxylic acids is 2. The third-order valence-electron chi connectivity index (χ3n) is 4.74. The van der Waals surface area contributed by atoms with E-state index in [1.807, 2.05) is 0 Å². The molecule has 30 heavy (non-hydrogen) atoms. The lowest BCUT2D eigenvalue weighted by molar-refractivity contribution is 0.0547. The SMILES string of the molecule is CS(=O)(=O)CC[C@@H](c1nc(-c2ccccc2F)no1)N1C(=O)c2ccccc2C1=O. The molecule has 0 N–H and O–H groups in total. The van der Waals surface area contributed by atoms with E-state index >= 15 is 0 Å². The van der Waals surface area contributed by atoms with Gasteiger partial charge in [-0.2, -0.15) is 4.98 Å². The second kappa shape index (κ2) is 7.45. The maximum absolute atomic E-state index is 14.1. The van der Waals surface area contributed by atoms with Crippen molar-refractivity contribution in [1.29, 1.82) is 0 Å². The summed E-state index contributed by atoms with van der Waals surface area (Å²) in [6.07, 6.45) is 0.911. The fourth-order valence-corrected chi connectivity index (χ4v) is 3.95. The van der Waals surface area contributed by atoms with Gasteiger partial charge in [0.15, 0.2) is 0 Å². The van der Waals surface area contributed by atoms with Crippen molar-refractivity contribution in [2.24, 2.45) is 0 Å². The quantitative estimate of drug-likeness (QED) is 0.554. The lowest BCUT2D eigenvalue weighted by Crippen LogP contribution is -2.35. The summed E-state index contributed by atoms with van der Waals surface area (Å²) in [7, 11) is -3.41. The average Bonchev–Trinajstić information content (AvgIpc) is 3.28. The maximum Gasteiger partial charge on any atom is 0.262 e. The van der Waals surface area contributed by atoms with Crippen LogP contribution in [0.4, 0.5) is 4.39 Å². The summed E-state index contributed by atoms with van der Waals surface area (Å²) in [5.41, 5.74) is 0.498. The summed E-state index contributed by atoms with van der Waals surface area (Å²) in [6.45, 7) is 0. The molecule has 0 saturated carbocycles. The number of hydrogen-bond acceptors (Lipinski definition) is 7. The van der Waals surface area contributed by atoms with Crippen molar-refractivity contribution in [3.05, 3.63) is 71.4 Å². The van der Waals surface area contributed by atoms with Crippen LogP contribution < -0.4 is 0 Å². The minimum Gasteiger partial charge on any atom is -0.337 e. The van der Waals surface area contributed by atoms with Crippen LogP contribution in [0, 0.1) is 5.82 Å².